The summed E-state index contributed by atoms with van der Waals surface area (Å²) in [5.74, 6) is -0.155. The molecule has 0 aliphatic carbocycles. The fraction of sp³-hybridized carbons (Fsp3) is 0.0667. The van der Waals surface area contributed by atoms with Crippen molar-refractivity contribution in [3.05, 3.63) is 53.0 Å². The van der Waals surface area contributed by atoms with Crippen molar-refractivity contribution in [2.45, 2.75) is 6.61 Å². The number of thiazole rings is 1. The van der Waals surface area contributed by atoms with E-state index in [-0.39, 0.29) is 12.2 Å². The second-order valence-electron chi connectivity index (χ2n) is 4.48. The summed E-state index contributed by atoms with van der Waals surface area (Å²) in [6, 6.07) is 12.7. The van der Waals surface area contributed by atoms with Gasteiger partial charge in [0, 0.05) is 5.69 Å². The number of para-hydroxylation sites is 1. The van der Waals surface area contributed by atoms with Gasteiger partial charge in [0.15, 0.2) is 0 Å². The van der Waals surface area contributed by atoms with Crippen LogP contribution in [-0.4, -0.2) is 10.9 Å². The first-order chi connectivity index (χ1) is 10.1. The minimum absolute atomic E-state index is 0.274. The molecular weight excluding hydrogens is 286 g/mol. The first-order valence-electron chi connectivity index (χ1n) is 6.30. The Balaban J connectivity index is 1.83. The summed E-state index contributed by atoms with van der Waals surface area (Å²) in [5.41, 5.74) is 12.7. The van der Waals surface area contributed by atoms with Crippen LogP contribution in [0.15, 0.2) is 42.5 Å². The molecule has 1 aromatic heterocycles. The molecule has 4 N–H and O–H groups in total. The van der Waals surface area contributed by atoms with Gasteiger partial charge < -0.3 is 16.2 Å². The number of primary amides is 1. The molecule has 3 rings (SSSR count). The summed E-state index contributed by atoms with van der Waals surface area (Å²) in [5, 5.41) is 0.837. The van der Waals surface area contributed by atoms with Crippen molar-refractivity contribution in [1.82, 2.24) is 4.98 Å². The van der Waals surface area contributed by atoms with E-state index in [1.54, 1.807) is 23.5 Å². The van der Waals surface area contributed by atoms with Gasteiger partial charge in [-0.05, 0) is 30.3 Å². The maximum Gasteiger partial charge on any atom is 0.252 e. The van der Waals surface area contributed by atoms with Gasteiger partial charge in [-0.3, -0.25) is 4.79 Å². The van der Waals surface area contributed by atoms with E-state index in [1.807, 2.05) is 24.3 Å². The van der Waals surface area contributed by atoms with Crippen LogP contribution in [0, 0.1) is 0 Å². The van der Waals surface area contributed by atoms with Crippen LogP contribution in [0.25, 0.3) is 10.2 Å². The van der Waals surface area contributed by atoms with E-state index >= 15 is 0 Å². The lowest BCUT2D eigenvalue weighted by atomic mass is 10.1. The third-order valence-electron chi connectivity index (χ3n) is 2.96. The van der Waals surface area contributed by atoms with Gasteiger partial charge in [-0.15, -0.1) is 11.3 Å². The first kappa shape index (κ1) is 13.4. The number of aromatic nitrogens is 1. The zero-order chi connectivity index (χ0) is 14.8. The Kier molecular flexibility index (Phi) is 3.45. The average molecular weight is 299 g/mol. The zero-order valence-electron chi connectivity index (χ0n) is 11.1. The molecule has 5 nitrogen and oxygen atoms in total. The van der Waals surface area contributed by atoms with Crippen LogP contribution in [-0.2, 0) is 6.61 Å². The monoisotopic (exact) mass is 299 g/mol. The van der Waals surface area contributed by atoms with E-state index in [2.05, 4.69) is 4.98 Å². The van der Waals surface area contributed by atoms with Gasteiger partial charge in [0.2, 0.25) is 0 Å². The maximum absolute atomic E-state index is 11.4. The number of fused-ring (bicyclic) bond motifs is 1. The Bertz CT molecular complexity index is 781. The molecule has 0 atom stereocenters. The predicted molar refractivity (Wildman–Crippen MR) is 83.3 cm³/mol. The highest BCUT2D eigenvalue weighted by Crippen LogP contribution is 2.25. The van der Waals surface area contributed by atoms with Crippen molar-refractivity contribution in [3.8, 4) is 5.75 Å². The number of rotatable bonds is 4. The van der Waals surface area contributed by atoms with Gasteiger partial charge in [0.25, 0.3) is 5.91 Å². The molecule has 0 fully saturated rings. The Labute approximate surface area is 125 Å². The van der Waals surface area contributed by atoms with Crippen LogP contribution in [0.1, 0.15) is 15.4 Å². The first-order valence-corrected chi connectivity index (χ1v) is 7.12. The predicted octanol–water partition coefficient (Wildman–Crippen LogP) is 2.56. The number of nitrogen functional groups attached to an aromatic ring is 1. The molecule has 21 heavy (non-hydrogen) atoms. The second-order valence-corrected chi connectivity index (χ2v) is 5.60. The molecule has 0 aliphatic heterocycles. The van der Waals surface area contributed by atoms with Gasteiger partial charge in [-0.2, -0.15) is 0 Å². The molecule has 106 valence electrons. The molecule has 2 aromatic carbocycles. The van der Waals surface area contributed by atoms with Crippen LogP contribution in [0.4, 0.5) is 5.69 Å². The van der Waals surface area contributed by atoms with Crippen molar-refractivity contribution in [3.63, 3.8) is 0 Å². The molecular formula is C15H13N3O2S. The number of nitrogens with two attached hydrogens (primary N) is 2. The van der Waals surface area contributed by atoms with E-state index < -0.39 is 5.91 Å². The van der Waals surface area contributed by atoms with Gasteiger partial charge in [0.05, 0.1) is 15.8 Å². The number of benzene rings is 2. The SMILES string of the molecule is NC(=O)c1cc(N)ccc1OCc1nc2ccccc2s1. The number of hydrogen-bond donors (Lipinski definition) is 2. The lowest BCUT2D eigenvalue weighted by Gasteiger charge is -2.08. The molecule has 1 amide bonds. The molecule has 0 radical (unpaired) electrons. The summed E-state index contributed by atoms with van der Waals surface area (Å²) in [7, 11) is 0. The van der Waals surface area contributed by atoms with E-state index in [0.717, 1.165) is 15.2 Å². The summed E-state index contributed by atoms with van der Waals surface area (Å²) in [4.78, 5) is 15.9. The minimum atomic E-state index is -0.568. The highest BCUT2D eigenvalue weighted by Gasteiger charge is 2.11. The van der Waals surface area contributed by atoms with Gasteiger partial charge >= 0.3 is 0 Å². The highest BCUT2D eigenvalue weighted by atomic mass is 32.1. The van der Waals surface area contributed by atoms with Crippen molar-refractivity contribution in [1.29, 1.82) is 0 Å². The van der Waals surface area contributed by atoms with Gasteiger partial charge in [0.1, 0.15) is 17.4 Å². The van der Waals surface area contributed by atoms with Crippen LogP contribution in [0.2, 0.25) is 0 Å². The number of ether oxygens (including phenoxy) is 1. The number of anilines is 1. The van der Waals surface area contributed by atoms with E-state index in [0.29, 0.717) is 11.4 Å². The Morgan fingerprint density at radius 2 is 2.05 bits per heavy atom. The van der Waals surface area contributed by atoms with Crippen molar-refractivity contribution in [2.24, 2.45) is 5.73 Å². The maximum atomic E-state index is 11.4. The topological polar surface area (TPSA) is 91.2 Å². The third-order valence-corrected chi connectivity index (χ3v) is 3.97. The molecule has 0 bridgehead atoms. The van der Waals surface area contributed by atoms with Gasteiger partial charge in [-0.25, -0.2) is 4.98 Å². The number of amides is 1. The molecule has 0 saturated heterocycles. The van der Waals surface area contributed by atoms with Crippen molar-refractivity contribution >= 4 is 33.1 Å². The Hall–Kier alpha value is -2.60. The summed E-state index contributed by atoms with van der Waals surface area (Å²) < 4.78 is 6.76. The van der Waals surface area contributed by atoms with E-state index in [4.69, 9.17) is 16.2 Å². The van der Waals surface area contributed by atoms with Crippen LogP contribution >= 0.6 is 11.3 Å². The summed E-state index contributed by atoms with van der Waals surface area (Å²) in [6.45, 7) is 0.281. The Morgan fingerprint density at radius 3 is 2.81 bits per heavy atom. The molecule has 0 spiro atoms. The minimum Gasteiger partial charge on any atom is -0.486 e. The number of nitrogens with zero attached hydrogens (tertiary/aromatic N) is 1. The number of carbonyl (C=O) groups excluding carboxylic acids is 1. The molecule has 0 aliphatic rings. The average Bonchev–Trinajstić information content (AvgIpc) is 2.88. The standard InChI is InChI=1S/C15H13N3O2S/c16-9-5-6-12(10(7-9)15(17)19)20-8-14-18-11-3-1-2-4-13(11)21-14/h1-7H,8,16H2,(H2,17,19). The zero-order valence-corrected chi connectivity index (χ0v) is 11.9. The molecule has 1 heterocycles. The molecule has 0 saturated carbocycles. The normalized spacial score (nSPS) is 10.7. The lowest BCUT2D eigenvalue weighted by molar-refractivity contribution is 0.0996. The smallest absolute Gasteiger partial charge is 0.252 e. The highest BCUT2D eigenvalue weighted by molar-refractivity contribution is 7.18. The van der Waals surface area contributed by atoms with Crippen molar-refractivity contribution < 1.29 is 9.53 Å². The lowest BCUT2D eigenvalue weighted by Crippen LogP contribution is -2.13. The summed E-state index contributed by atoms with van der Waals surface area (Å²) >= 11 is 1.56. The fourth-order valence-corrected chi connectivity index (χ4v) is 2.87. The largest absolute Gasteiger partial charge is 0.486 e. The second kappa shape index (κ2) is 5.41. The summed E-state index contributed by atoms with van der Waals surface area (Å²) in [6.07, 6.45) is 0. The van der Waals surface area contributed by atoms with E-state index in [9.17, 15) is 4.79 Å². The van der Waals surface area contributed by atoms with Crippen LogP contribution < -0.4 is 16.2 Å². The van der Waals surface area contributed by atoms with Crippen LogP contribution in [0.3, 0.4) is 0 Å². The quantitative estimate of drug-likeness (QED) is 0.724. The Morgan fingerprint density at radius 1 is 1.24 bits per heavy atom. The van der Waals surface area contributed by atoms with Crippen molar-refractivity contribution in [2.75, 3.05) is 5.73 Å². The fourth-order valence-electron chi connectivity index (χ4n) is 1.99. The third kappa shape index (κ3) is 2.80. The van der Waals surface area contributed by atoms with Crippen LogP contribution in [0.5, 0.6) is 5.75 Å². The van der Waals surface area contributed by atoms with E-state index in [1.165, 1.54) is 6.07 Å². The molecule has 3 aromatic rings. The number of carbonyl (C=O) groups is 1. The van der Waals surface area contributed by atoms with Gasteiger partial charge in [-0.1, -0.05) is 12.1 Å². The molecule has 0 unspecified atom stereocenters. The number of hydrogen-bond acceptors (Lipinski definition) is 5. The molecule has 6 heteroatoms.